The Morgan fingerprint density at radius 3 is 2.72 bits per heavy atom. The Balaban J connectivity index is 1.73. The van der Waals surface area contributed by atoms with Crippen molar-refractivity contribution in [2.24, 2.45) is 11.8 Å². The van der Waals surface area contributed by atoms with E-state index in [-0.39, 0.29) is 6.10 Å². The van der Waals surface area contributed by atoms with Gasteiger partial charge in [-0.25, -0.2) is 0 Å². The zero-order valence-electron chi connectivity index (χ0n) is 12.0. The fraction of sp³-hybridized carbons (Fsp3) is 1.00. The second kappa shape index (κ2) is 6.88. The minimum atomic E-state index is -0.0871. The number of rotatable bonds is 4. The first-order chi connectivity index (χ1) is 8.65. The van der Waals surface area contributed by atoms with Gasteiger partial charge in [-0.1, -0.05) is 6.92 Å². The minimum absolute atomic E-state index is 0.0871. The monoisotopic (exact) mass is 255 g/mol. The number of hydrogen-bond donors (Lipinski definition) is 1. The maximum absolute atomic E-state index is 10.1. The van der Waals surface area contributed by atoms with Crippen molar-refractivity contribution in [3.8, 4) is 0 Å². The highest BCUT2D eigenvalue weighted by Gasteiger charge is 2.28. The van der Waals surface area contributed by atoms with Crippen LogP contribution in [0.15, 0.2) is 0 Å². The average Bonchev–Trinajstić information content (AvgIpc) is 2.35. The highest BCUT2D eigenvalue weighted by Crippen LogP contribution is 2.29. The van der Waals surface area contributed by atoms with Crippen LogP contribution in [0.5, 0.6) is 0 Å². The zero-order chi connectivity index (χ0) is 13.0. The van der Waals surface area contributed by atoms with Crippen LogP contribution in [0.2, 0.25) is 0 Å². The lowest BCUT2D eigenvalue weighted by atomic mass is 9.80. The third kappa shape index (κ3) is 4.22. The second-order valence-corrected chi connectivity index (χ2v) is 6.46. The molecule has 2 fully saturated rings. The molecule has 1 aliphatic carbocycles. The molecule has 2 rings (SSSR count). The largest absolute Gasteiger partial charge is 0.393 e. The lowest BCUT2D eigenvalue weighted by Crippen LogP contribution is -2.40. The molecule has 106 valence electrons. The van der Waals surface area contributed by atoms with Crippen LogP contribution < -0.4 is 0 Å². The summed E-state index contributed by atoms with van der Waals surface area (Å²) in [4.78, 5) is 2.36. The second-order valence-electron chi connectivity index (χ2n) is 6.46. The van der Waals surface area contributed by atoms with E-state index in [2.05, 4.69) is 18.9 Å². The third-order valence-corrected chi connectivity index (χ3v) is 4.54. The third-order valence-electron chi connectivity index (χ3n) is 4.54. The molecule has 4 atom stereocenters. The Morgan fingerprint density at radius 1 is 1.17 bits per heavy atom. The fourth-order valence-electron chi connectivity index (χ4n) is 3.45. The molecule has 0 aromatic carbocycles. The summed E-state index contributed by atoms with van der Waals surface area (Å²) in [6, 6.07) is 0. The molecule has 1 saturated heterocycles. The molecule has 0 bridgehead atoms. The van der Waals surface area contributed by atoms with Crippen LogP contribution in [0.25, 0.3) is 0 Å². The molecule has 0 amide bonds. The van der Waals surface area contributed by atoms with Gasteiger partial charge < -0.3 is 14.7 Å². The lowest BCUT2D eigenvalue weighted by Gasteiger charge is -2.35. The van der Waals surface area contributed by atoms with Gasteiger partial charge in [0.15, 0.2) is 0 Å². The highest BCUT2D eigenvalue weighted by atomic mass is 16.5. The molecule has 2 aliphatic rings. The summed E-state index contributed by atoms with van der Waals surface area (Å²) in [5, 5.41) is 10.1. The van der Waals surface area contributed by atoms with E-state index in [4.69, 9.17) is 4.74 Å². The van der Waals surface area contributed by atoms with E-state index in [0.717, 1.165) is 32.0 Å². The van der Waals surface area contributed by atoms with E-state index in [9.17, 15) is 5.11 Å². The van der Waals surface area contributed by atoms with Crippen LogP contribution >= 0.6 is 0 Å². The Bertz CT molecular complexity index is 241. The van der Waals surface area contributed by atoms with Crippen molar-refractivity contribution in [3.05, 3.63) is 0 Å². The molecule has 3 heteroatoms. The number of aliphatic hydroxyl groups is 1. The van der Waals surface area contributed by atoms with E-state index >= 15 is 0 Å². The maximum atomic E-state index is 10.1. The molecule has 0 radical (unpaired) electrons. The van der Waals surface area contributed by atoms with Crippen molar-refractivity contribution in [2.75, 3.05) is 26.7 Å². The fourth-order valence-corrected chi connectivity index (χ4v) is 3.45. The van der Waals surface area contributed by atoms with Gasteiger partial charge >= 0.3 is 0 Å². The number of aliphatic hydroxyl groups excluding tert-OH is 1. The van der Waals surface area contributed by atoms with Gasteiger partial charge in [0.2, 0.25) is 0 Å². The van der Waals surface area contributed by atoms with Crippen molar-refractivity contribution >= 4 is 0 Å². The van der Waals surface area contributed by atoms with Gasteiger partial charge in [0, 0.05) is 19.7 Å². The van der Waals surface area contributed by atoms with Crippen LogP contribution in [-0.4, -0.2) is 49.0 Å². The lowest BCUT2D eigenvalue weighted by molar-refractivity contribution is -0.0147. The summed E-state index contributed by atoms with van der Waals surface area (Å²) in [6.45, 7) is 5.29. The van der Waals surface area contributed by atoms with Gasteiger partial charge in [0.1, 0.15) is 0 Å². The summed E-state index contributed by atoms with van der Waals surface area (Å²) in [5.74, 6) is 1.24. The van der Waals surface area contributed by atoms with E-state index < -0.39 is 0 Å². The van der Waals surface area contributed by atoms with Crippen molar-refractivity contribution in [1.82, 2.24) is 4.90 Å². The quantitative estimate of drug-likeness (QED) is 0.836. The summed E-state index contributed by atoms with van der Waals surface area (Å²) < 4.78 is 5.78. The van der Waals surface area contributed by atoms with Crippen molar-refractivity contribution < 1.29 is 9.84 Å². The summed E-state index contributed by atoms with van der Waals surface area (Å²) >= 11 is 0. The molecule has 1 aliphatic heterocycles. The van der Waals surface area contributed by atoms with E-state index in [1.165, 1.54) is 32.1 Å². The molecular formula is C15H29NO2. The Hall–Kier alpha value is -0.120. The number of likely N-dealkylation sites (N-methyl/N-ethyl adjacent to an activating group) is 1. The molecule has 0 aromatic heterocycles. The zero-order valence-corrected chi connectivity index (χ0v) is 12.0. The average molecular weight is 255 g/mol. The Kier molecular flexibility index (Phi) is 5.46. The van der Waals surface area contributed by atoms with E-state index in [0.29, 0.717) is 12.0 Å². The minimum Gasteiger partial charge on any atom is -0.393 e. The SMILES string of the molecule is CC1CCC(O)C(CN(C)CC2CCCCO2)C1. The Labute approximate surface area is 112 Å². The number of hydrogen-bond acceptors (Lipinski definition) is 3. The summed E-state index contributed by atoms with van der Waals surface area (Å²) in [7, 11) is 2.17. The van der Waals surface area contributed by atoms with Crippen molar-refractivity contribution in [2.45, 2.75) is 57.7 Å². The summed E-state index contributed by atoms with van der Waals surface area (Å²) in [5.41, 5.74) is 0. The molecule has 3 nitrogen and oxygen atoms in total. The normalized spacial score (nSPS) is 38.0. The number of ether oxygens (including phenoxy) is 1. The van der Waals surface area contributed by atoms with Gasteiger partial charge in [-0.3, -0.25) is 0 Å². The molecule has 4 unspecified atom stereocenters. The van der Waals surface area contributed by atoms with Crippen LogP contribution in [0, 0.1) is 11.8 Å². The van der Waals surface area contributed by atoms with Crippen molar-refractivity contribution in [3.63, 3.8) is 0 Å². The molecule has 1 N–H and O–H groups in total. The smallest absolute Gasteiger partial charge is 0.0701 e. The van der Waals surface area contributed by atoms with Crippen LogP contribution in [0.1, 0.15) is 45.4 Å². The summed E-state index contributed by atoms with van der Waals surface area (Å²) in [6.07, 6.45) is 7.41. The Morgan fingerprint density at radius 2 is 2.00 bits per heavy atom. The van der Waals surface area contributed by atoms with Gasteiger partial charge in [0.25, 0.3) is 0 Å². The van der Waals surface area contributed by atoms with Gasteiger partial charge in [-0.15, -0.1) is 0 Å². The topological polar surface area (TPSA) is 32.7 Å². The highest BCUT2D eigenvalue weighted by molar-refractivity contribution is 4.80. The van der Waals surface area contributed by atoms with Crippen LogP contribution in [0.4, 0.5) is 0 Å². The molecule has 1 heterocycles. The molecule has 0 spiro atoms. The first kappa shape index (κ1) is 14.3. The van der Waals surface area contributed by atoms with Crippen LogP contribution in [0.3, 0.4) is 0 Å². The molecule has 18 heavy (non-hydrogen) atoms. The van der Waals surface area contributed by atoms with Gasteiger partial charge in [0.05, 0.1) is 12.2 Å². The van der Waals surface area contributed by atoms with Gasteiger partial charge in [-0.2, -0.15) is 0 Å². The van der Waals surface area contributed by atoms with Crippen molar-refractivity contribution in [1.29, 1.82) is 0 Å². The standard InChI is InChI=1S/C15H29NO2/c1-12-6-7-15(17)13(9-12)10-16(2)11-14-5-3-4-8-18-14/h12-15,17H,3-11H2,1-2H3. The maximum Gasteiger partial charge on any atom is 0.0701 e. The van der Waals surface area contributed by atoms with E-state index in [1.807, 2.05) is 0 Å². The van der Waals surface area contributed by atoms with Crippen LogP contribution in [-0.2, 0) is 4.74 Å². The predicted molar refractivity (Wildman–Crippen MR) is 73.6 cm³/mol. The van der Waals surface area contributed by atoms with Gasteiger partial charge in [-0.05, 0) is 57.4 Å². The molecular weight excluding hydrogens is 226 g/mol. The van der Waals surface area contributed by atoms with E-state index in [1.54, 1.807) is 0 Å². The molecule has 1 saturated carbocycles. The first-order valence-electron chi connectivity index (χ1n) is 7.63. The number of nitrogens with zero attached hydrogens (tertiary/aromatic N) is 1. The predicted octanol–water partition coefficient (Wildman–Crippen LogP) is 2.28. The first-order valence-corrected chi connectivity index (χ1v) is 7.63. The molecule has 0 aromatic rings.